The largest absolute Gasteiger partial charge is 0.481 e. The molecule has 0 saturated carbocycles. The van der Waals surface area contributed by atoms with Gasteiger partial charge in [-0.1, -0.05) is 25.1 Å². The van der Waals surface area contributed by atoms with Gasteiger partial charge >= 0.3 is 5.97 Å². The molecule has 0 aliphatic carbocycles. The molecular formula is C20H30N2O4. The SMILES string of the molecule is CCc1ccccc1OC(C)C(=O)N1CCN(CCCCC(=O)O)CC1. The van der Waals surface area contributed by atoms with Gasteiger partial charge < -0.3 is 14.7 Å². The number of unbranched alkanes of at least 4 members (excludes halogenated alkanes) is 1. The average Bonchev–Trinajstić information content (AvgIpc) is 2.65. The Morgan fingerprint density at radius 1 is 1.15 bits per heavy atom. The normalized spacial score (nSPS) is 16.3. The highest BCUT2D eigenvalue weighted by Crippen LogP contribution is 2.20. The summed E-state index contributed by atoms with van der Waals surface area (Å²) in [5, 5.41) is 8.67. The maximum Gasteiger partial charge on any atom is 0.303 e. The lowest BCUT2D eigenvalue weighted by Crippen LogP contribution is -2.52. The minimum absolute atomic E-state index is 0.0291. The van der Waals surface area contributed by atoms with Crippen LogP contribution in [0.2, 0.25) is 0 Å². The standard InChI is InChI=1S/C20H30N2O4/c1-3-17-8-4-5-9-18(17)26-16(2)20(25)22-14-12-21(13-15-22)11-7-6-10-19(23)24/h4-5,8-9,16H,3,6-7,10-15H2,1-2H3,(H,23,24). The molecule has 1 aromatic carbocycles. The number of carboxylic acid groups (broad SMARTS) is 1. The van der Waals surface area contributed by atoms with Crippen molar-refractivity contribution in [3.05, 3.63) is 29.8 Å². The smallest absolute Gasteiger partial charge is 0.303 e. The zero-order chi connectivity index (χ0) is 18.9. The summed E-state index contributed by atoms with van der Waals surface area (Å²) in [5.74, 6) is 0.0772. The third-order valence-electron chi connectivity index (χ3n) is 4.80. The molecular weight excluding hydrogens is 332 g/mol. The second-order valence-corrected chi connectivity index (χ2v) is 6.74. The fraction of sp³-hybridized carbons (Fsp3) is 0.600. The number of hydrogen-bond donors (Lipinski definition) is 1. The monoisotopic (exact) mass is 362 g/mol. The van der Waals surface area contributed by atoms with E-state index >= 15 is 0 Å². The number of piperazine rings is 1. The summed E-state index contributed by atoms with van der Waals surface area (Å²) in [5.41, 5.74) is 1.11. The molecule has 0 radical (unpaired) electrons. The van der Waals surface area contributed by atoms with Gasteiger partial charge in [-0.25, -0.2) is 0 Å². The maximum atomic E-state index is 12.7. The van der Waals surface area contributed by atoms with Gasteiger partial charge in [0.1, 0.15) is 5.75 Å². The zero-order valence-electron chi connectivity index (χ0n) is 15.8. The number of nitrogens with zero attached hydrogens (tertiary/aromatic N) is 2. The molecule has 144 valence electrons. The van der Waals surface area contributed by atoms with Gasteiger partial charge in [-0.2, -0.15) is 0 Å². The molecule has 1 unspecified atom stereocenters. The highest BCUT2D eigenvalue weighted by Gasteiger charge is 2.26. The topological polar surface area (TPSA) is 70.1 Å². The summed E-state index contributed by atoms with van der Waals surface area (Å²) >= 11 is 0. The van der Waals surface area contributed by atoms with Gasteiger partial charge in [0.25, 0.3) is 5.91 Å². The summed E-state index contributed by atoms with van der Waals surface area (Å²) in [7, 11) is 0. The number of rotatable bonds is 9. The van der Waals surface area contributed by atoms with Gasteiger partial charge in [0.15, 0.2) is 6.10 Å². The molecule has 1 aromatic rings. The molecule has 1 heterocycles. The summed E-state index contributed by atoms with van der Waals surface area (Å²) in [6, 6.07) is 7.84. The van der Waals surface area contributed by atoms with Crippen molar-refractivity contribution in [2.24, 2.45) is 0 Å². The van der Waals surface area contributed by atoms with Gasteiger partial charge in [-0.15, -0.1) is 0 Å². The Morgan fingerprint density at radius 2 is 1.85 bits per heavy atom. The number of amides is 1. The minimum atomic E-state index is -0.737. The number of aryl methyl sites for hydroxylation is 1. The van der Waals surface area contributed by atoms with Crippen LogP contribution in [0.15, 0.2) is 24.3 Å². The summed E-state index contributed by atoms with van der Waals surface area (Å²) in [6.45, 7) is 7.83. The molecule has 0 spiro atoms. The first-order chi connectivity index (χ1) is 12.5. The van der Waals surface area contributed by atoms with Crippen molar-refractivity contribution in [3.8, 4) is 5.75 Å². The van der Waals surface area contributed by atoms with Crippen LogP contribution in [0.4, 0.5) is 0 Å². The van der Waals surface area contributed by atoms with Gasteiger partial charge in [-0.3, -0.25) is 14.5 Å². The number of carboxylic acids is 1. The van der Waals surface area contributed by atoms with E-state index in [1.807, 2.05) is 36.1 Å². The Morgan fingerprint density at radius 3 is 2.50 bits per heavy atom. The average molecular weight is 362 g/mol. The first kappa shape index (κ1) is 20.2. The van der Waals surface area contributed by atoms with Crippen molar-refractivity contribution in [2.45, 2.75) is 45.6 Å². The van der Waals surface area contributed by atoms with Crippen LogP contribution in [-0.2, 0) is 16.0 Å². The van der Waals surface area contributed by atoms with Crippen LogP contribution in [0.1, 0.15) is 38.7 Å². The van der Waals surface area contributed by atoms with Crippen molar-refractivity contribution in [1.29, 1.82) is 0 Å². The van der Waals surface area contributed by atoms with E-state index in [-0.39, 0.29) is 12.3 Å². The van der Waals surface area contributed by atoms with Gasteiger partial charge in [0.2, 0.25) is 0 Å². The van der Waals surface area contributed by atoms with E-state index in [0.29, 0.717) is 19.5 Å². The molecule has 0 aromatic heterocycles. The van der Waals surface area contributed by atoms with Crippen LogP contribution >= 0.6 is 0 Å². The van der Waals surface area contributed by atoms with Crippen LogP contribution in [0.25, 0.3) is 0 Å². The fourth-order valence-corrected chi connectivity index (χ4v) is 3.21. The number of carbonyl (C=O) groups is 2. The van der Waals surface area contributed by atoms with E-state index < -0.39 is 12.1 Å². The molecule has 1 atom stereocenters. The van der Waals surface area contributed by atoms with E-state index in [1.54, 1.807) is 0 Å². The molecule has 1 fully saturated rings. The second-order valence-electron chi connectivity index (χ2n) is 6.74. The number of benzene rings is 1. The Hall–Kier alpha value is -2.08. The zero-order valence-corrected chi connectivity index (χ0v) is 15.8. The number of carbonyl (C=O) groups excluding carboxylic acids is 1. The molecule has 1 aliphatic rings. The molecule has 6 heteroatoms. The Bertz CT molecular complexity index is 597. The number of aliphatic carboxylic acids is 1. The van der Waals surface area contributed by atoms with E-state index in [9.17, 15) is 9.59 Å². The van der Waals surface area contributed by atoms with E-state index in [1.165, 1.54) is 0 Å². The Kier molecular flexibility index (Phi) is 7.91. The molecule has 26 heavy (non-hydrogen) atoms. The van der Waals surface area contributed by atoms with Crippen LogP contribution in [0.5, 0.6) is 5.75 Å². The van der Waals surface area contributed by atoms with Crippen molar-refractivity contribution >= 4 is 11.9 Å². The highest BCUT2D eigenvalue weighted by atomic mass is 16.5. The summed E-state index contributed by atoms with van der Waals surface area (Å²) < 4.78 is 5.92. The Balaban J connectivity index is 1.76. The van der Waals surface area contributed by atoms with Gasteiger partial charge in [-0.05, 0) is 44.4 Å². The number of para-hydroxylation sites is 1. The fourth-order valence-electron chi connectivity index (χ4n) is 3.21. The molecule has 1 aliphatic heterocycles. The predicted octanol–water partition coefficient (Wildman–Crippen LogP) is 2.42. The summed E-state index contributed by atoms with van der Waals surface area (Å²) in [4.78, 5) is 27.4. The quantitative estimate of drug-likeness (QED) is 0.683. The summed E-state index contributed by atoms with van der Waals surface area (Å²) in [6.07, 6.45) is 2.19. The molecule has 1 saturated heterocycles. The molecule has 2 rings (SSSR count). The Labute approximate surface area is 155 Å². The van der Waals surface area contributed by atoms with E-state index in [0.717, 1.165) is 43.8 Å². The second kappa shape index (κ2) is 10.2. The van der Waals surface area contributed by atoms with Gasteiger partial charge in [0.05, 0.1) is 0 Å². The molecule has 1 amide bonds. The van der Waals surface area contributed by atoms with Crippen LogP contribution in [0, 0.1) is 0 Å². The van der Waals surface area contributed by atoms with Crippen LogP contribution in [0.3, 0.4) is 0 Å². The molecule has 6 nitrogen and oxygen atoms in total. The minimum Gasteiger partial charge on any atom is -0.481 e. The molecule has 0 bridgehead atoms. The third kappa shape index (κ3) is 6.02. The number of ether oxygens (including phenoxy) is 1. The van der Waals surface area contributed by atoms with Crippen molar-refractivity contribution < 1.29 is 19.4 Å². The molecule has 1 N–H and O–H groups in total. The van der Waals surface area contributed by atoms with Gasteiger partial charge in [0, 0.05) is 32.6 Å². The van der Waals surface area contributed by atoms with E-state index in [2.05, 4.69) is 11.8 Å². The predicted molar refractivity (Wildman–Crippen MR) is 100 cm³/mol. The number of hydrogen-bond acceptors (Lipinski definition) is 4. The van der Waals surface area contributed by atoms with Crippen LogP contribution in [-0.4, -0.2) is 65.6 Å². The third-order valence-corrected chi connectivity index (χ3v) is 4.80. The van der Waals surface area contributed by atoms with E-state index in [4.69, 9.17) is 9.84 Å². The van der Waals surface area contributed by atoms with Crippen molar-refractivity contribution in [2.75, 3.05) is 32.7 Å². The first-order valence-corrected chi connectivity index (χ1v) is 9.48. The first-order valence-electron chi connectivity index (χ1n) is 9.48. The lowest BCUT2D eigenvalue weighted by atomic mass is 10.1. The highest BCUT2D eigenvalue weighted by molar-refractivity contribution is 5.81. The van der Waals surface area contributed by atoms with Crippen LogP contribution < -0.4 is 4.74 Å². The lowest BCUT2D eigenvalue weighted by molar-refractivity contribution is -0.140. The lowest BCUT2D eigenvalue weighted by Gasteiger charge is -2.36. The van der Waals surface area contributed by atoms with Crippen molar-refractivity contribution in [3.63, 3.8) is 0 Å². The van der Waals surface area contributed by atoms with Crippen molar-refractivity contribution in [1.82, 2.24) is 9.80 Å². The maximum absolute atomic E-state index is 12.7.